The summed E-state index contributed by atoms with van der Waals surface area (Å²) in [5.41, 5.74) is 3.50. The molecular weight excluding hydrogens is 540 g/mol. The summed E-state index contributed by atoms with van der Waals surface area (Å²) in [4.78, 5) is 31.1. The molecule has 2 aromatic rings. The molecule has 0 saturated heterocycles. The van der Waals surface area contributed by atoms with Crippen LogP contribution in [0, 0.1) is 42.4 Å². The number of aromatic nitrogens is 1. The number of rotatable bonds is 7. The van der Waals surface area contributed by atoms with E-state index in [9.17, 15) is 30.0 Å². The van der Waals surface area contributed by atoms with E-state index in [0.29, 0.717) is 30.6 Å². The number of aryl methyl sites for hydroxylation is 2. The van der Waals surface area contributed by atoms with Crippen molar-refractivity contribution in [3.8, 4) is 11.8 Å². The first-order valence-electron chi connectivity index (χ1n) is 13.9. The van der Waals surface area contributed by atoms with Crippen LogP contribution in [0.3, 0.4) is 0 Å². The van der Waals surface area contributed by atoms with E-state index in [1.807, 2.05) is 39.8 Å². The standard InChI is InChI=1S/C31H38N4O7/c1-17-14-21(19-6-7-19)24(15-18(17)2)35(26(36)12-13-31(39,40)41)25-11-10-23(33-5)27(34-25)28(32)42-20-8-9-22(29(37)38)30(3,4)16-20/h10-11,14-15,19-20,22,32-33,39-41H,6-9,16H2,1-5H3,(H,37,38)/t20-,22-/m1/s1. The third-order valence-electron chi connectivity index (χ3n) is 8.09. The van der Waals surface area contributed by atoms with Crippen molar-refractivity contribution in [3.63, 3.8) is 0 Å². The molecule has 0 unspecified atom stereocenters. The predicted octanol–water partition coefficient (Wildman–Crippen LogP) is 3.54. The summed E-state index contributed by atoms with van der Waals surface area (Å²) in [6.07, 6.45) is 2.84. The number of nitrogens with zero attached hydrogens (tertiary/aromatic N) is 2. The largest absolute Gasteiger partial charge is 0.481 e. The molecule has 0 aliphatic heterocycles. The number of carbonyl (C=O) groups is 2. The Labute approximate surface area is 245 Å². The zero-order valence-electron chi connectivity index (χ0n) is 24.5. The lowest BCUT2D eigenvalue weighted by atomic mass is 9.68. The Bertz CT molecular complexity index is 1460. The molecule has 1 aromatic carbocycles. The maximum Gasteiger partial charge on any atom is 0.346 e. The van der Waals surface area contributed by atoms with Gasteiger partial charge < -0.3 is 30.5 Å². The quantitative estimate of drug-likeness (QED) is 0.124. The Hall–Kier alpha value is -3.98. The maximum absolute atomic E-state index is 13.5. The molecule has 2 saturated carbocycles. The van der Waals surface area contributed by atoms with Crippen LogP contribution in [-0.2, 0) is 14.3 Å². The van der Waals surface area contributed by atoms with Gasteiger partial charge in [0.1, 0.15) is 17.6 Å². The number of anilines is 3. The minimum Gasteiger partial charge on any atom is -0.481 e. The molecule has 4 rings (SSSR count). The molecule has 0 bridgehead atoms. The molecule has 11 nitrogen and oxygen atoms in total. The van der Waals surface area contributed by atoms with Gasteiger partial charge in [0.15, 0.2) is 0 Å². The van der Waals surface area contributed by atoms with E-state index in [1.54, 1.807) is 25.1 Å². The van der Waals surface area contributed by atoms with Crippen molar-refractivity contribution in [2.45, 2.75) is 77.8 Å². The summed E-state index contributed by atoms with van der Waals surface area (Å²) < 4.78 is 6.04. The Balaban J connectivity index is 1.75. The van der Waals surface area contributed by atoms with Crippen LogP contribution in [-0.4, -0.2) is 62.3 Å². The lowest BCUT2D eigenvalue weighted by Gasteiger charge is -2.40. The molecule has 0 radical (unpaired) electrons. The van der Waals surface area contributed by atoms with Gasteiger partial charge in [-0.2, -0.15) is 0 Å². The zero-order chi connectivity index (χ0) is 31.0. The lowest BCUT2D eigenvalue weighted by molar-refractivity contribution is -0.265. The second-order valence-electron chi connectivity index (χ2n) is 11.8. The van der Waals surface area contributed by atoms with E-state index < -0.39 is 35.3 Å². The highest BCUT2D eigenvalue weighted by molar-refractivity contribution is 6.11. The number of aliphatic carboxylic acids is 1. The first kappa shape index (κ1) is 31.0. The lowest BCUT2D eigenvalue weighted by Crippen LogP contribution is -2.40. The van der Waals surface area contributed by atoms with Gasteiger partial charge in [-0.15, -0.1) is 0 Å². The first-order chi connectivity index (χ1) is 19.6. The highest BCUT2D eigenvalue weighted by Gasteiger charge is 2.42. The predicted molar refractivity (Wildman–Crippen MR) is 156 cm³/mol. The molecule has 6 N–H and O–H groups in total. The second kappa shape index (κ2) is 11.7. The van der Waals surface area contributed by atoms with Crippen LogP contribution in [0.15, 0.2) is 24.3 Å². The van der Waals surface area contributed by atoms with Gasteiger partial charge in [0.05, 0.1) is 17.3 Å². The van der Waals surface area contributed by atoms with Crippen LogP contribution in [0.25, 0.3) is 0 Å². The van der Waals surface area contributed by atoms with Crippen molar-refractivity contribution in [2.24, 2.45) is 11.3 Å². The van der Waals surface area contributed by atoms with E-state index in [-0.39, 0.29) is 23.3 Å². The van der Waals surface area contributed by atoms with Gasteiger partial charge in [-0.3, -0.25) is 19.9 Å². The number of ether oxygens (including phenoxy) is 1. The van der Waals surface area contributed by atoms with E-state index >= 15 is 0 Å². The summed E-state index contributed by atoms with van der Waals surface area (Å²) in [6.45, 7) is 7.66. The van der Waals surface area contributed by atoms with Crippen molar-refractivity contribution in [2.75, 3.05) is 17.3 Å². The van der Waals surface area contributed by atoms with E-state index in [4.69, 9.17) is 10.1 Å². The summed E-state index contributed by atoms with van der Waals surface area (Å²) >= 11 is 0. The van der Waals surface area contributed by atoms with Crippen LogP contribution in [0.5, 0.6) is 0 Å². The normalized spacial score (nSPS) is 19.7. The molecule has 0 spiro atoms. The average Bonchev–Trinajstić information content (AvgIpc) is 3.73. The Morgan fingerprint density at radius 1 is 1.12 bits per heavy atom. The summed E-state index contributed by atoms with van der Waals surface area (Å²) in [5, 5.41) is 49.3. The molecule has 1 amide bonds. The van der Waals surface area contributed by atoms with Crippen molar-refractivity contribution in [3.05, 3.63) is 46.6 Å². The molecule has 1 heterocycles. The van der Waals surface area contributed by atoms with Crippen LogP contribution in [0.4, 0.5) is 17.2 Å². The van der Waals surface area contributed by atoms with Crippen molar-refractivity contribution < 1.29 is 34.8 Å². The topological polar surface area (TPSA) is 176 Å². The summed E-state index contributed by atoms with van der Waals surface area (Å²) in [7, 11) is 1.67. The minimum atomic E-state index is -3.36. The maximum atomic E-state index is 13.5. The fourth-order valence-corrected chi connectivity index (χ4v) is 5.57. The molecule has 2 aliphatic rings. The summed E-state index contributed by atoms with van der Waals surface area (Å²) in [5.74, 6) is -1.61. The molecule has 11 heteroatoms. The molecule has 224 valence electrons. The van der Waals surface area contributed by atoms with Gasteiger partial charge in [-0.05, 0) is 92.2 Å². The molecule has 2 atom stereocenters. The van der Waals surface area contributed by atoms with Gasteiger partial charge >= 0.3 is 17.8 Å². The Kier molecular flexibility index (Phi) is 8.64. The van der Waals surface area contributed by atoms with Gasteiger partial charge in [0.25, 0.3) is 0 Å². The number of carbonyl (C=O) groups excluding carboxylic acids is 1. The van der Waals surface area contributed by atoms with Crippen molar-refractivity contribution in [1.82, 2.24) is 4.98 Å². The van der Waals surface area contributed by atoms with Crippen LogP contribution >= 0.6 is 0 Å². The number of hydrogen-bond donors (Lipinski definition) is 6. The minimum absolute atomic E-state index is 0.121. The number of benzene rings is 1. The summed E-state index contributed by atoms with van der Waals surface area (Å²) in [6, 6.07) is 7.11. The van der Waals surface area contributed by atoms with Crippen LogP contribution in [0.2, 0.25) is 0 Å². The fraction of sp³-hybridized carbons (Fsp3) is 0.484. The molecular formula is C31H38N4O7. The first-order valence-corrected chi connectivity index (χ1v) is 13.9. The van der Waals surface area contributed by atoms with Crippen LogP contribution in [0.1, 0.15) is 74.3 Å². The highest BCUT2D eigenvalue weighted by Crippen LogP contribution is 2.47. The zero-order valence-corrected chi connectivity index (χ0v) is 24.5. The fourth-order valence-electron chi connectivity index (χ4n) is 5.57. The number of carboxylic acids is 1. The number of hydrogen-bond acceptors (Lipinski definition) is 9. The van der Waals surface area contributed by atoms with Crippen molar-refractivity contribution in [1.29, 1.82) is 5.41 Å². The van der Waals surface area contributed by atoms with Gasteiger partial charge in [-0.25, -0.2) is 4.98 Å². The van der Waals surface area contributed by atoms with Crippen molar-refractivity contribution >= 4 is 35.0 Å². The molecule has 2 aliphatic carbocycles. The molecule has 1 aromatic heterocycles. The third kappa shape index (κ3) is 6.90. The SMILES string of the molecule is CNc1ccc(N(C(=O)C#CC(O)(O)O)c2cc(C)c(C)cc2C2CC2)nc1C(=N)O[C@@H]1CC[C@H](C(=O)O)C(C)(C)C1. The number of carboxylic acid groups (broad SMARTS) is 1. The van der Waals surface area contributed by atoms with E-state index in [2.05, 4.69) is 16.2 Å². The van der Waals surface area contributed by atoms with Gasteiger partial charge in [-0.1, -0.05) is 19.9 Å². The average molecular weight is 579 g/mol. The van der Waals surface area contributed by atoms with Gasteiger partial charge in [0.2, 0.25) is 5.90 Å². The van der Waals surface area contributed by atoms with Gasteiger partial charge in [0, 0.05) is 18.9 Å². The Morgan fingerprint density at radius 2 is 1.79 bits per heavy atom. The smallest absolute Gasteiger partial charge is 0.346 e. The highest BCUT2D eigenvalue weighted by atomic mass is 16.7. The number of aliphatic hydroxyl groups is 3. The molecule has 2 fully saturated rings. The second-order valence-corrected chi connectivity index (χ2v) is 11.8. The number of amides is 1. The van der Waals surface area contributed by atoms with E-state index in [1.165, 1.54) is 4.90 Å². The van der Waals surface area contributed by atoms with Crippen LogP contribution < -0.4 is 10.2 Å². The number of nitrogens with one attached hydrogen (secondary N) is 2. The third-order valence-corrected chi connectivity index (χ3v) is 8.09. The van der Waals surface area contributed by atoms with E-state index in [0.717, 1.165) is 29.5 Å². The monoisotopic (exact) mass is 578 g/mol. The number of pyridine rings is 1. The Morgan fingerprint density at radius 3 is 2.36 bits per heavy atom. The molecule has 42 heavy (non-hydrogen) atoms.